The van der Waals surface area contributed by atoms with Gasteiger partial charge in [-0.25, -0.2) is 4.57 Å². The van der Waals surface area contributed by atoms with Crippen LogP contribution in [-0.4, -0.2) is 14.5 Å². The molecule has 5 heteroatoms. The van der Waals surface area contributed by atoms with Crippen molar-refractivity contribution in [3.63, 3.8) is 0 Å². The van der Waals surface area contributed by atoms with Gasteiger partial charge in [-0.05, 0) is 12.1 Å². The molecule has 0 aromatic carbocycles. The van der Waals surface area contributed by atoms with E-state index in [-0.39, 0.29) is 0 Å². The number of hydrogen-bond donors (Lipinski definition) is 0. The minimum absolute atomic E-state index is 0.547. The second kappa shape index (κ2) is 3.25. The molecule has 0 N–H and O–H groups in total. The van der Waals surface area contributed by atoms with Gasteiger partial charge in [0.05, 0.1) is 28.2 Å². The van der Waals surface area contributed by atoms with Crippen LogP contribution in [0.2, 0.25) is 0 Å². The highest BCUT2D eigenvalue weighted by molar-refractivity contribution is 6.02. The Morgan fingerprint density at radius 3 is 3.15 bits per heavy atom. The highest BCUT2D eigenvalue weighted by Crippen LogP contribution is 2.34. The van der Waals surface area contributed by atoms with E-state index in [0.29, 0.717) is 29.2 Å². The van der Waals surface area contributed by atoms with Crippen LogP contribution in [0.15, 0.2) is 41.3 Å². The maximum absolute atomic E-state index is 7.92. The Bertz CT molecular complexity index is 1090. The van der Waals surface area contributed by atoms with Crippen molar-refractivity contribution in [1.82, 2.24) is 14.5 Å². The molecule has 0 spiro atoms. The molecule has 0 amide bonds. The lowest BCUT2D eigenvalue weighted by atomic mass is 10.2. The Morgan fingerprint density at radius 2 is 2.20 bits per heavy atom. The Balaban J connectivity index is 1.97. The maximum Gasteiger partial charge on any atom is 0.329 e. The second-order valence-electron chi connectivity index (χ2n) is 4.91. The van der Waals surface area contributed by atoms with Crippen LogP contribution in [0.4, 0.5) is 0 Å². The van der Waals surface area contributed by atoms with Gasteiger partial charge in [-0.3, -0.25) is 9.97 Å². The molecule has 0 atom stereocenters. The van der Waals surface area contributed by atoms with Crippen molar-refractivity contribution in [2.45, 2.75) is 6.54 Å². The van der Waals surface area contributed by atoms with Crippen LogP contribution in [0.3, 0.4) is 0 Å². The van der Waals surface area contributed by atoms with Crippen LogP contribution in [0.5, 0.6) is 0 Å². The van der Waals surface area contributed by atoms with E-state index in [4.69, 9.17) is 8.53 Å². The summed E-state index contributed by atoms with van der Waals surface area (Å²) >= 11 is 0. The van der Waals surface area contributed by atoms with Crippen molar-refractivity contribution in [2.24, 2.45) is 6.98 Å². The number of hydrogen-bond acceptors (Lipinski definition) is 3. The molecule has 0 unspecified atom stereocenters. The van der Waals surface area contributed by atoms with E-state index in [0.717, 1.165) is 16.5 Å². The zero-order chi connectivity index (χ0) is 15.8. The molecule has 4 aromatic rings. The number of rotatable bonds is 0. The number of aryl methyl sites for hydroxylation is 1. The van der Waals surface area contributed by atoms with Crippen molar-refractivity contribution in [2.75, 3.05) is 0 Å². The summed E-state index contributed by atoms with van der Waals surface area (Å²) in [4.78, 5) is 8.21. The fourth-order valence-electron chi connectivity index (χ4n) is 2.96. The van der Waals surface area contributed by atoms with Crippen LogP contribution in [0.25, 0.3) is 33.6 Å². The third kappa shape index (κ3) is 1.02. The van der Waals surface area contributed by atoms with Gasteiger partial charge in [0.15, 0.2) is 5.52 Å². The maximum atomic E-state index is 7.92. The van der Waals surface area contributed by atoms with Gasteiger partial charge >= 0.3 is 5.65 Å². The largest absolute Gasteiger partial charge is 0.413 e. The minimum Gasteiger partial charge on any atom is -0.413 e. The molecule has 0 aliphatic carbocycles. The fourth-order valence-corrected chi connectivity index (χ4v) is 2.96. The summed E-state index contributed by atoms with van der Waals surface area (Å²) in [5.41, 5.74) is 3.65. The lowest BCUT2D eigenvalue weighted by molar-refractivity contribution is -0.652. The summed E-state index contributed by atoms with van der Waals surface area (Å²) in [6.45, 7) is -1.75. The van der Waals surface area contributed by atoms with Gasteiger partial charge in [0.1, 0.15) is 6.54 Å². The van der Waals surface area contributed by atoms with Gasteiger partial charge in [0.2, 0.25) is 5.58 Å². The van der Waals surface area contributed by atoms with Crippen LogP contribution in [-0.2, 0) is 13.5 Å². The lowest BCUT2D eigenvalue weighted by Gasteiger charge is -1.91. The van der Waals surface area contributed by atoms with Gasteiger partial charge in [0, 0.05) is 24.2 Å². The molecule has 0 radical (unpaired) electrons. The SMILES string of the molecule is [2H]C([2H])([2H])n1c2cnccc2c2oc3[n+](c21)Cc1ccncc1-3. The molecular formula is C15H11N4O+. The molecule has 5 rings (SSSR count). The molecule has 0 bridgehead atoms. The summed E-state index contributed by atoms with van der Waals surface area (Å²) in [6.07, 6.45) is 6.68. The third-order valence-corrected chi connectivity index (χ3v) is 3.87. The first-order chi connectivity index (χ1) is 11.1. The zero-order valence-corrected chi connectivity index (χ0v) is 10.4. The third-order valence-electron chi connectivity index (χ3n) is 3.87. The molecule has 5 nitrogen and oxygen atoms in total. The molecule has 0 saturated heterocycles. The van der Waals surface area contributed by atoms with Crippen molar-refractivity contribution < 1.29 is 13.1 Å². The molecule has 5 heterocycles. The summed E-state index contributed by atoms with van der Waals surface area (Å²) in [6, 6.07) is 3.71. The fraction of sp³-hybridized carbons (Fsp3) is 0.133. The summed E-state index contributed by atoms with van der Waals surface area (Å²) in [5, 5.41) is 0.749. The van der Waals surface area contributed by atoms with Crippen LogP contribution in [0.1, 0.15) is 9.68 Å². The van der Waals surface area contributed by atoms with Crippen molar-refractivity contribution >= 4 is 22.1 Å². The molecule has 96 valence electrons. The van der Waals surface area contributed by atoms with Crippen molar-refractivity contribution in [3.05, 3.63) is 42.5 Å². The number of aromatic nitrogens is 4. The van der Waals surface area contributed by atoms with Gasteiger partial charge in [-0.1, -0.05) is 0 Å². The van der Waals surface area contributed by atoms with E-state index in [1.165, 1.54) is 4.57 Å². The summed E-state index contributed by atoms with van der Waals surface area (Å²) in [7, 11) is 0. The number of pyridine rings is 2. The monoisotopic (exact) mass is 266 g/mol. The first-order valence-corrected chi connectivity index (χ1v) is 6.30. The number of fused-ring (bicyclic) bond motifs is 7. The smallest absolute Gasteiger partial charge is 0.329 e. The molecule has 0 fully saturated rings. The summed E-state index contributed by atoms with van der Waals surface area (Å²) in [5.74, 6) is 0.648. The van der Waals surface area contributed by atoms with E-state index in [1.54, 1.807) is 30.9 Å². The summed E-state index contributed by atoms with van der Waals surface area (Å²) < 4.78 is 33.0. The minimum atomic E-state index is -2.32. The van der Waals surface area contributed by atoms with Crippen LogP contribution >= 0.6 is 0 Å². The van der Waals surface area contributed by atoms with E-state index in [2.05, 4.69) is 9.97 Å². The first kappa shape index (κ1) is 7.79. The standard InChI is InChI=1S/C15H11N4O/c1-18-12-7-17-5-3-10(12)13-14(18)19-8-9-2-4-16-6-11(9)15(19)20-13/h2-7H,8H2,1H3/q+1/i1D3. The van der Waals surface area contributed by atoms with E-state index in [9.17, 15) is 0 Å². The van der Waals surface area contributed by atoms with Crippen LogP contribution < -0.4 is 4.57 Å². The van der Waals surface area contributed by atoms with Gasteiger partial charge in [-0.15, -0.1) is 0 Å². The number of nitrogens with zero attached hydrogens (tertiary/aromatic N) is 4. The molecular weight excluding hydrogens is 252 g/mol. The van der Waals surface area contributed by atoms with E-state index < -0.39 is 6.98 Å². The Morgan fingerprint density at radius 1 is 1.30 bits per heavy atom. The van der Waals surface area contributed by atoms with E-state index in [1.807, 2.05) is 10.6 Å². The molecule has 4 aromatic heterocycles. The van der Waals surface area contributed by atoms with Crippen LogP contribution in [0, 0.1) is 0 Å². The molecule has 0 saturated carbocycles. The Labute approximate surface area is 118 Å². The van der Waals surface area contributed by atoms with Crippen molar-refractivity contribution in [3.8, 4) is 11.5 Å². The normalized spacial score (nSPS) is 15.9. The Hall–Kier alpha value is -2.69. The van der Waals surface area contributed by atoms with Gasteiger partial charge in [-0.2, -0.15) is 4.57 Å². The van der Waals surface area contributed by atoms with E-state index >= 15 is 0 Å². The second-order valence-corrected chi connectivity index (χ2v) is 4.91. The average molecular weight is 266 g/mol. The molecule has 1 aliphatic heterocycles. The predicted octanol–water partition coefficient (Wildman–Crippen LogP) is 2.03. The van der Waals surface area contributed by atoms with Crippen molar-refractivity contribution in [1.29, 1.82) is 0 Å². The Kier molecular flexibility index (Phi) is 1.27. The molecule has 20 heavy (non-hydrogen) atoms. The van der Waals surface area contributed by atoms with Gasteiger partial charge < -0.3 is 4.42 Å². The highest BCUT2D eigenvalue weighted by Gasteiger charge is 2.34. The number of oxazole rings is 1. The van der Waals surface area contributed by atoms with Gasteiger partial charge in [0.25, 0.3) is 5.89 Å². The average Bonchev–Trinajstić information content (AvgIpc) is 3.13. The quantitative estimate of drug-likeness (QED) is 0.403. The predicted molar refractivity (Wildman–Crippen MR) is 73.0 cm³/mol. The highest BCUT2D eigenvalue weighted by atomic mass is 16.4. The topological polar surface area (TPSA) is 47.7 Å². The lowest BCUT2D eigenvalue weighted by Crippen LogP contribution is -2.32. The molecule has 1 aliphatic rings. The first-order valence-electron chi connectivity index (χ1n) is 7.80. The zero-order valence-electron chi connectivity index (χ0n) is 13.4.